The molecule has 0 saturated carbocycles. The van der Waals surface area contributed by atoms with Crippen molar-refractivity contribution in [2.75, 3.05) is 33.9 Å². The molecule has 4 nitrogen and oxygen atoms in total. The summed E-state index contributed by atoms with van der Waals surface area (Å²) in [6, 6.07) is 5.56. The number of hydrogen-bond acceptors (Lipinski definition) is 4. The Morgan fingerprint density at radius 3 is 2.68 bits per heavy atom. The minimum atomic E-state index is 0.614. The smallest absolute Gasteiger partial charge is 0.129 e. The lowest BCUT2D eigenvalue weighted by molar-refractivity contribution is 0.0465. The summed E-state index contributed by atoms with van der Waals surface area (Å²) >= 11 is 0. The van der Waals surface area contributed by atoms with Crippen molar-refractivity contribution in [3.05, 3.63) is 23.3 Å². The molecule has 3 rings (SSSR count). The van der Waals surface area contributed by atoms with Gasteiger partial charge in [-0.05, 0) is 39.3 Å². The first-order valence-corrected chi connectivity index (χ1v) is 8.34. The van der Waals surface area contributed by atoms with Gasteiger partial charge in [0.1, 0.15) is 11.5 Å². The first-order valence-electron chi connectivity index (χ1n) is 8.34. The summed E-state index contributed by atoms with van der Waals surface area (Å²) in [5, 5.41) is 0. The minimum Gasteiger partial charge on any atom is -0.496 e. The van der Waals surface area contributed by atoms with Gasteiger partial charge in [0.2, 0.25) is 0 Å². The van der Waals surface area contributed by atoms with E-state index in [4.69, 9.17) is 9.47 Å². The lowest BCUT2D eigenvalue weighted by Crippen LogP contribution is -2.55. The van der Waals surface area contributed by atoms with Crippen LogP contribution < -0.4 is 9.47 Å². The summed E-state index contributed by atoms with van der Waals surface area (Å²) in [6.45, 7) is 9.04. The first-order chi connectivity index (χ1) is 10.7. The predicted octanol–water partition coefficient (Wildman–Crippen LogP) is 2.68. The van der Waals surface area contributed by atoms with Crippen LogP contribution in [-0.2, 0) is 6.54 Å². The Morgan fingerprint density at radius 2 is 1.95 bits per heavy atom. The van der Waals surface area contributed by atoms with Crippen LogP contribution in [0.1, 0.15) is 30.9 Å². The zero-order chi connectivity index (χ0) is 15.7. The van der Waals surface area contributed by atoms with Crippen molar-refractivity contribution < 1.29 is 9.47 Å². The Morgan fingerprint density at radius 1 is 1.14 bits per heavy atom. The maximum absolute atomic E-state index is 5.66. The number of nitrogens with zero attached hydrogens (tertiary/aromatic N) is 2. The second-order valence-corrected chi connectivity index (χ2v) is 6.54. The van der Waals surface area contributed by atoms with Crippen LogP contribution >= 0.6 is 0 Å². The van der Waals surface area contributed by atoms with Crippen LogP contribution in [0, 0.1) is 6.92 Å². The molecule has 2 heterocycles. The molecule has 2 saturated heterocycles. The van der Waals surface area contributed by atoms with E-state index in [1.807, 2.05) is 0 Å². The topological polar surface area (TPSA) is 24.9 Å². The van der Waals surface area contributed by atoms with Crippen LogP contribution in [0.3, 0.4) is 0 Å². The largest absolute Gasteiger partial charge is 0.496 e. The van der Waals surface area contributed by atoms with Crippen molar-refractivity contribution in [3.63, 3.8) is 0 Å². The van der Waals surface area contributed by atoms with Gasteiger partial charge in [0, 0.05) is 42.8 Å². The van der Waals surface area contributed by atoms with Gasteiger partial charge >= 0.3 is 0 Å². The Hall–Kier alpha value is -1.26. The molecule has 0 bridgehead atoms. The average molecular weight is 304 g/mol. The molecular weight excluding hydrogens is 276 g/mol. The molecule has 0 amide bonds. The molecule has 22 heavy (non-hydrogen) atoms. The van der Waals surface area contributed by atoms with E-state index in [0.29, 0.717) is 6.04 Å². The summed E-state index contributed by atoms with van der Waals surface area (Å²) in [4.78, 5) is 5.27. The van der Waals surface area contributed by atoms with E-state index in [1.54, 1.807) is 14.2 Å². The quantitative estimate of drug-likeness (QED) is 0.854. The molecule has 0 radical (unpaired) electrons. The van der Waals surface area contributed by atoms with E-state index < -0.39 is 0 Å². The highest BCUT2D eigenvalue weighted by Gasteiger charge is 2.36. The van der Waals surface area contributed by atoms with E-state index in [9.17, 15) is 0 Å². The number of ether oxygens (including phenoxy) is 2. The summed E-state index contributed by atoms with van der Waals surface area (Å²) in [5.41, 5.74) is 2.36. The normalized spacial score (nSPS) is 26.0. The maximum atomic E-state index is 5.66. The summed E-state index contributed by atoms with van der Waals surface area (Å²) < 4.78 is 11.1. The highest BCUT2D eigenvalue weighted by Crippen LogP contribution is 2.34. The molecular formula is C18H28N2O2. The zero-order valence-corrected chi connectivity index (χ0v) is 14.3. The summed E-state index contributed by atoms with van der Waals surface area (Å²) in [5.74, 6) is 1.87. The lowest BCUT2D eigenvalue weighted by atomic mass is 10.0. The number of benzene rings is 1. The van der Waals surface area contributed by atoms with Crippen LogP contribution in [0.2, 0.25) is 0 Å². The molecule has 0 N–H and O–H groups in total. The highest BCUT2D eigenvalue weighted by atomic mass is 16.5. The third-order valence-electron chi connectivity index (χ3n) is 5.46. The number of fused-ring (bicyclic) bond motifs is 1. The highest BCUT2D eigenvalue weighted by molar-refractivity contribution is 5.49. The average Bonchev–Trinajstić information content (AvgIpc) is 3.00. The van der Waals surface area contributed by atoms with Gasteiger partial charge < -0.3 is 9.47 Å². The van der Waals surface area contributed by atoms with Crippen LogP contribution in [-0.4, -0.2) is 55.7 Å². The molecule has 1 aromatic carbocycles. The third-order valence-corrected chi connectivity index (χ3v) is 5.46. The molecule has 4 heteroatoms. The number of rotatable bonds is 4. The fourth-order valence-electron chi connectivity index (χ4n) is 4.18. The van der Waals surface area contributed by atoms with Crippen molar-refractivity contribution in [2.24, 2.45) is 0 Å². The molecule has 0 unspecified atom stereocenters. The van der Waals surface area contributed by atoms with Crippen molar-refractivity contribution in [1.29, 1.82) is 0 Å². The van der Waals surface area contributed by atoms with Crippen molar-refractivity contribution in [3.8, 4) is 11.5 Å². The van der Waals surface area contributed by atoms with Gasteiger partial charge in [-0.2, -0.15) is 0 Å². The van der Waals surface area contributed by atoms with Gasteiger partial charge in [0.25, 0.3) is 0 Å². The monoisotopic (exact) mass is 304 g/mol. The fraction of sp³-hybridized carbons (Fsp3) is 0.667. The van der Waals surface area contributed by atoms with Gasteiger partial charge in [0.05, 0.1) is 14.2 Å². The van der Waals surface area contributed by atoms with Gasteiger partial charge in [-0.1, -0.05) is 6.07 Å². The van der Waals surface area contributed by atoms with Gasteiger partial charge in [-0.15, -0.1) is 0 Å². The molecule has 2 aliphatic rings. The van der Waals surface area contributed by atoms with Gasteiger partial charge in [0.15, 0.2) is 0 Å². The zero-order valence-electron chi connectivity index (χ0n) is 14.3. The minimum absolute atomic E-state index is 0.614. The van der Waals surface area contributed by atoms with Gasteiger partial charge in [-0.3, -0.25) is 9.80 Å². The Balaban J connectivity index is 1.79. The van der Waals surface area contributed by atoms with E-state index in [2.05, 4.69) is 35.8 Å². The van der Waals surface area contributed by atoms with E-state index in [1.165, 1.54) is 31.5 Å². The fourth-order valence-corrected chi connectivity index (χ4v) is 4.18. The number of hydrogen-bond donors (Lipinski definition) is 0. The molecule has 2 aliphatic heterocycles. The predicted molar refractivity (Wildman–Crippen MR) is 88.8 cm³/mol. The molecule has 122 valence electrons. The molecule has 0 aromatic heterocycles. The van der Waals surface area contributed by atoms with Crippen molar-refractivity contribution in [1.82, 2.24) is 9.80 Å². The summed E-state index contributed by atoms with van der Waals surface area (Å²) in [7, 11) is 3.46. The van der Waals surface area contributed by atoms with E-state index in [-0.39, 0.29) is 0 Å². The number of piperazine rings is 1. The van der Waals surface area contributed by atoms with Crippen LogP contribution in [0.5, 0.6) is 11.5 Å². The van der Waals surface area contributed by atoms with Crippen LogP contribution in [0.25, 0.3) is 0 Å². The molecule has 0 spiro atoms. The van der Waals surface area contributed by atoms with E-state index >= 15 is 0 Å². The van der Waals surface area contributed by atoms with Crippen LogP contribution in [0.15, 0.2) is 12.1 Å². The molecule has 2 fully saturated rings. The maximum Gasteiger partial charge on any atom is 0.129 e. The first kappa shape index (κ1) is 15.6. The third kappa shape index (κ3) is 2.70. The standard InChI is InChI=1S/C18H28N2O2/c1-13-17(21-3)8-7-15(18(13)22-4)12-20-11-10-19-9-5-6-16(19)14(20)2/h7-8,14,16H,5-6,9-12H2,1-4H3/t14-,16-/m0/s1. The summed E-state index contributed by atoms with van der Waals surface area (Å²) in [6.07, 6.45) is 2.70. The Kier molecular flexibility index (Phi) is 4.59. The Bertz CT molecular complexity index is 532. The van der Waals surface area contributed by atoms with Gasteiger partial charge in [-0.25, -0.2) is 0 Å². The lowest BCUT2D eigenvalue weighted by Gasteiger charge is -2.43. The SMILES string of the molecule is COc1ccc(CN2CCN3CCC[C@H]3[C@@H]2C)c(OC)c1C. The van der Waals surface area contributed by atoms with E-state index in [0.717, 1.165) is 36.2 Å². The second-order valence-electron chi connectivity index (χ2n) is 6.54. The number of methoxy groups -OCH3 is 2. The van der Waals surface area contributed by atoms with Crippen molar-refractivity contribution in [2.45, 2.75) is 45.3 Å². The molecule has 0 aliphatic carbocycles. The Labute approximate surface area is 134 Å². The second kappa shape index (κ2) is 6.47. The van der Waals surface area contributed by atoms with Crippen LogP contribution in [0.4, 0.5) is 0 Å². The molecule has 2 atom stereocenters. The molecule has 1 aromatic rings. The van der Waals surface area contributed by atoms with Crippen molar-refractivity contribution >= 4 is 0 Å².